The van der Waals surface area contributed by atoms with E-state index in [1.165, 1.54) is 37.5 Å². The number of carbonyl (C=O) groups is 4. The van der Waals surface area contributed by atoms with E-state index in [2.05, 4.69) is 21.2 Å². The summed E-state index contributed by atoms with van der Waals surface area (Å²) in [5, 5.41) is 2.08. The number of ether oxygens (including phenoxy) is 2. The molecule has 0 radical (unpaired) electrons. The summed E-state index contributed by atoms with van der Waals surface area (Å²) in [4.78, 5) is 49.1. The zero-order valence-electron chi connectivity index (χ0n) is 16.0. The molecular formula is C20H15BrFN3O6. The van der Waals surface area contributed by atoms with Gasteiger partial charge >= 0.3 is 6.03 Å². The molecule has 3 rings (SSSR count). The molecule has 1 heterocycles. The largest absolute Gasteiger partial charge is 0.493 e. The molecule has 1 fully saturated rings. The Morgan fingerprint density at radius 2 is 1.90 bits per heavy atom. The number of hydrogen-bond acceptors (Lipinski definition) is 6. The van der Waals surface area contributed by atoms with Crippen molar-refractivity contribution >= 4 is 51.4 Å². The summed E-state index contributed by atoms with van der Waals surface area (Å²) < 4.78 is 24.1. The highest BCUT2D eigenvalue weighted by Gasteiger charge is 2.36. The molecule has 0 aromatic heterocycles. The van der Waals surface area contributed by atoms with Gasteiger partial charge in [-0.3, -0.25) is 19.7 Å². The van der Waals surface area contributed by atoms with Crippen LogP contribution in [0, 0.1) is 5.82 Å². The Kier molecular flexibility index (Phi) is 6.35. The molecule has 1 aliphatic rings. The van der Waals surface area contributed by atoms with Gasteiger partial charge in [-0.15, -0.1) is 0 Å². The molecule has 11 heteroatoms. The third-order valence-electron chi connectivity index (χ3n) is 4.11. The van der Waals surface area contributed by atoms with Crippen molar-refractivity contribution < 1.29 is 33.0 Å². The second-order valence-corrected chi connectivity index (χ2v) is 7.08. The van der Waals surface area contributed by atoms with Gasteiger partial charge in [-0.2, -0.15) is 0 Å². The molecule has 0 saturated carbocycles. The van der Waals surface area contributed by atoms with Crippen molar-refractivity contribution in [2.24, 2.45) is 5.73 Å². The quantitative estimate of drug-likeness (QED) is 0.470. The van der Waals surface area contributed by atoms with Crippen LogP contribution in [0.1, 0.15) is 5.56 Å². The fourth-order valence-electron chi connectivity index (χ4n) is 2.76. The number of urea groups is 1. The molecule has 5 amide bonds. The number of benzene rings is 2. The van der Waals surface area contributed by atoms with Crippen LogP contribution in [0.2, 0.25) is 0 Å². The van der Waals surface area contributed by atoms with Gasteiger partial charge in [-0.25, -0.2) is 14.1 Å². The lowest BCUT2D eigenvalue weighted by atomic mass is 10.1. The number of nitrogens with zero attached hydrogens (tertiary/aromatic N) is 1. The number of halogens is 2. The first-order valence-corrected chi connectivity index (χ1v) is 9.46. The molecule has 1 saturated heterocycles. The van der Waals surface area contributed by atoms with Crippen LogP contribution in [0.25, 0.3) is 6.08 Å². The summed E-state index contributed by atoms with van der Waals surface area (Å²) in [5.41, 5.74) is 5.21. The smallest absolute Gasteiger partial charge is 0.335 e. The highest BCUT2D eigenvalue weighted by Crippen LogP contribution is 2.37. The van der Waals surface area contributed by atoms with Crippen LogP contribution in [-0.2, 0) is 14.4 Å². The summed E-state index contributed by atoms with van der Waals surface area (Å²) in [6.07, 6.45) is 1.26. The first-order valence-electron chi connectivity index (χ1n) is 8.67. The van der Waals surface area contributed by atoms with Crippen molar-refractivity contribution in [3.8, 4) is 11.5 Å². The first kappa shape index (κ1) is 22.0. The number of methoxy groups -OCH3 is 1. The van der Waals surface area contributed by atoms with Gasteiger partial charge in [0.15, 0.2) is 18.1 Å². The van der Waals surface area contributed by atoms with E-state index in [1.807, 2.05) is 0 Å². The SMILES string of the molecule is COc1cc(/C=C2\C(=O)NC(=O)N(c3ccc(F)cc3)C2=O)cc(Br)c1OCC(N)=O. The Bertz CT molecular complexity index is 1120. The number of nitrogens with one attached hydrogen (secondary N) is 1. The molecule has 31 heavy (non-hydrogen) atoms. The standard InChI is InChI=1S/C20H15BrFN3O6/c1-30-15-8-10(7-14(21)17(15)31-9-16(23)26)6-13-18(27)24-20(29)25(19(13)28)12-4-2-11(22)3-5-12/h2-8H,9H2,1H3,(H2,23,26)(H,24,27,29)/b13-6+. The first-order chi connectivity index (χ1) is 14.7. The molecular weight excluding hydrogens is 477 g/mol. The zero-order valence-corrected chi connectivity index (χ0v) is 17.6. The number of hydrogen-bond donors (Lipinski definition) is 2. The van der Waals surface area contributed by atoms with Crippen molar-refractivity contribution in [3.05, 3.63) is 57.8 Å². The molecule has 2 aromatic rings. The fourth-order valence-corrected chi connectivity index (χ4v) is 3.33. The van der Waals surface area contributed by atoms with Crippen LogP contribution in [-0.4, -0.2) is 37.5 Å². The lowest BCUT2D eigenvalue weighted by Crippen LogP contribution is -2.54. The summed E-state index contributed by atoms with van der Waals surface area (Å²) >= 11 is 3.28. The van der Waals surface area contributed by atoms with Gasteiger partial charge in [0.25, 0.3) is 17.7 Å². The lowest BCUT2D eigenvalue weighted by Gasteiger charge is -2.26. The Hall–Kier alpha value is -3.73. The van der Waals surface area contributed by atoms with Crippen LogP contribution in [0.4, 0.5) is 14.9 Å². The Labute approximate surface area is 183 Å². The predicted molar refractivity (Wildman–Crippen MR) is 111 cm³/mol. The van der Waals surface area contributed by atoms with E-state index < -0.39 is 29.6 Å². The van der Waals surface area contributed by atoms with Crippen LogP contribution < -0.4 is 25.4 Å². The van der Waals surface area contributed by atoms with Gasteiger partial charge < -0.3 is 15.2 Å². The van der Waals surface area contributed by atoms with Gasteiger partial charge in [-0.05, 0) is 64.0 Å². The van der Waals surface area contributed by atoms with Crippen molar-refractivity contribution in [1.29, 1.82) is 0 Å². The average molecular weight is 492 g/mol. The van der Waals surface area contributed by atoms with Gasteiger partial charge in [0, 0.05) is 0 Å². The Balaban J connectivity index is 1.99. The van der Waals surface area contributed by atoms with E-state index in [9.17, 15) is 23.6 Å². The van der Waals surface area contributed by atoms with Gasteiger partial charge in [0.05, 0.1) is 17.3 Å². The van der Waals surface area contributed by atoms with E-state index in [0.717, 1.165) is 17.0 Å². The monoisotopic (exact) mass is 491 g/mol. The second-order valence-electron chi connectivity index (χ2n) is 6.22. The number of barbiturate groups is 1. The predicted octanol–water partition coefficient (Wildman–Crippen LogP) is 2.13. The number of anilines is 1. The topological polar surface area (TPSA) is 128 Å². The van der Waals surface area contributed by atoms with E-state index in [0.29, 0.717) is 10.0 Å². The second kappa shape index (κ2) is 8.96. The van der Waals surface area contributed by atoms with Crippen LogP contribution in [0.15, 0.2) is 46.4 Å². The number of amides is 5. The highest BCUT2D eigenvalue weighted by molar-refractivity contribution is 9.10. The van der Waals surface area contributed by atoms with E-state index in [-0.39, 0.29) is 29.4 Å². The zero-order chi connectivity index (χ0) is 22.7. The van der Waals surface area contributed by atoms with Crippen molar-refractivity contribution in [3.63, 3.8) is 0 Å². The van der Waals surface area contributed by atoms with Gasteiger partial charge in [0.1, 0.15) is 11.4 Å². The van der Waals surface area contributed by atoms with Crippen LogP contribution in [0.5, 0.6) is 11.5 Å². The summed E-state index contributed by atoms with van der Waals surface area (Å²) in [6, 6.07) is 6.69. The third-order valence-corrected chi connectivity index (χ3v) is 4.70. The number of imide groups is 2. The van der Waals surface area contributed by atoms with Crippen molar-refractivity contribution in [1.82, 2.24) is 5.32 Å². The maximum absolute atomic E-state index is 13.2. The molecule has 0 unspecified atom stereocenters. The molecule has 0 aliphatic carbocycles. The minimum absolute atomic E-state index is 0.0938. The molecule has 3 N–H and O–H groups in total. The molecule has 1 aliphatic heterocycles. The number of nitrogens with two attached hydrogens (primary N) is 1. The maximum atomic E-state index is 13.2. The lowest BCUT2D eigenvalue weighted by molar-refractivity contribution is -0.123. The number of rotatable bonds is 6. The van der Waals surface area contributed by atoms with Crippen molar-refractivity contribution in [2.45, 2.75) is 0 Å². The fraction of sp³-hybridized carbons (Fsp3) is 0.100. The summed E-state index contributed by atoms with van der Waals surface area (Å²) in [5.74, 6) is -2.60. The molecule has 2 aromatic carbocycles. The van der Waals surface area contributed by atoms with Crippen LogP contribution >= 0.6 is 15.9 Å². The molecule has 160 valence electrons. The normalized spacial score (nSPS) is 15.1. The Morgan fingerprint density at radius 1 is 1.23 bits per heavy atom. The summed E-state index contributed by atoms with van der Waals surface area (Å²) in [6.45, 7) is -0.384. The molecule has 9 nitrogen and oxygen atoms in total. The van der Waals surface area contributed by atoms with E-state index in [1.54, 1.807) is 0 Å². The number of carbonyl (C=O) groups excluding carboxylic acids is 4. The number of primary amides is 1. The minimum Gasteiger partial charge on any atom is -0.493 e. The molecule has 0 bridgehead atoms. The summed E-state index contributed by atoms with van der Waals surface area (Å²) in [7, 11) is 1.36. The van der Waals surface area contributed by atoms with Gasteiger partial charge in [-0.1, -0.05) is 0 Å². The van der Waals surface area contributed by atoms with E-state index in [4.69, 9.17) is 15.2 Å². The Morgan fingerprint density at radius 3 is 2.52 bits per heavy atom. The van der Waals surface area contributed by atoms with Crippen LogP contribution in [0.3, 0.4) is 0 Å². The van der Waals surface area contributed by atoms with Crippen molar-refractivity contribution in [2.75, 3.05) is 18.6 Å². The van der Waals surface area contributed by atoms with E-state index >= 15 is 0 Å². The minimum atomic E-state index is -0.951. The van der Waals surface area contributed by atoms with Gasteiger partial charge in [0.2, 0.25) is 0 Å². The third kappa shape index (κ3) is 4.72. The highest BCUT2D eigenvalue weighted by atomic mass is 79.9. The maximum Gasteiger partial charge on any atom is 0.335 e. The molecule has 0 atom stereocenters. The average Bonchev–Trinajstić information content (AvgIpc) is 2.71. The molecule has 0 spiro atoms.